The zero-order chi connectivity index (χ0) is 25.5. The molecule has 1 atom stereocenters. The largest absolute Gasteiger partial charge is 0.507 e. The number of nitrogens with zero attached hydrogens (tertiary/aromatic N) is 1. The molecule has 1 amide bonds. The molecule has 3 aromatic rings. The lowest BCUT2D eigenvalue weighted by molar-refractivity contribution is -0.139. The van der Waals surface area contributed by atoms with Crippen molar-refractivity contribution in [3.05, 3.63) is 114 Å². The topological polar surface area (TPSA) is 76.1 Å². The summed E-state index contributed by atoms with van der Waals surface area (Å²) in [5, 5.41) is 11.2. The Morgan fingerprint density at radius 1 is 0.972 bits per heavy atom. The summed E-state index contributed by atoms with van der Waals surface area (Å²) < 4.78 is 11.5. The Morgan fingerprint density at radius 2 is 1.67 bits per heavy atom. The van der Waals surface area contributed by atoms with Gasteiger partial charge in [0.05, 0.1) is 18.2 Å². The van der Waals surface area contributed by atoms with E-state index in [0.29, 0.717) is 48.8 Å². The van der Waals surface area contributed by atoms with Gasteiger partial charge in [-0.1, -0.05) is 79.4 Å². The molecule has 1 unspecified atom stereocenters. The molecule has 1 N–H and O–H groups in total. The number of aliphatic hydroxyl groups excluding tert-OH is 1. The SMILES string of the molecule is C=CCOc1ccc(C2/C(=C(\O)c3ccccc3)C(=O)C(=O)N2CCc2ccccc2)cc1OCC. The van der Waals surface area contributed by atoms with Crippen molar-refractivity contribution in [3.8, 4) is 11.5 Å². The molecule has 0 radical (unpaired) electrons. The number of hydrogen-bond acceptors (Lipinski definition) is 5. The van der Waals surface area contributed by atoms with Gasteiger partial charge in [0.2, 0.25) is 0 Å². The second-order valence-electron chi connectivity index (χ2n) is 8.33. The minimum Gasteiger partial charge on any atom is -0.507 e. The van der Waals surface area contributed by atoms with Gasteiger partial charge in [0.15, 0.2) is 11.5 Å². The zero-order valence-electron chi connectivity index (χ0n) is 20.2. The van der Waals surface area contributed by atoms with E-state index in [9.17, 15) is 14.7 Å². The quantitative estimate of drug-likeness (QED) is 0.183. The van der Waals surface area contributed by atoms with Crippen molar-refractivity contribution in [1.29, 1.82) is 0 Å². The number of carbonyl (C=O) groups excluding carboxylic acids is 2. The van der Waals surface area contributed by atoms with Gasteiger partial charge in [-0.15, -0.1) is 0 Å². The highest BCUT2D eigenvalue weighted by Crippen LogP contribution is 2.42. The van der Waals surface area contributed by atoms with Gasteiger partial charge in [-0.05, 0) is 36.6 Å². The summed E-state index contributed by atoms with van der Waals surface area (Å²) in [6.07, 6.45) is 2.20. The van der Waals surface area contributed by atoms with Crippen LogP contribution in [0.25, 0.3) is 5.76 Å². The van der Waals surface area contributed by atoms with Crippen molar-refractivity contribution in [2.45, 2.75) is 19.4 Å². The molecule has 0 aliphatic carbocycles. The highest BCUT2D eigenvalue weighted by Gasteiger charge is 2.46. The molecule has 0 spiro atoms. The van der Waals surface area contributed by atoms with E-state index in [1.165, 1.54) is 4.90 Å². The van der Waals surface area contributed by atoms with E-state index in [1.807, 2.05) is 43.3 Å². The van der Waals surface area contributed by atoms with Gasteiger partial charge in [-0.3, -0.25) is 9.59 Å². The number of ketones is 1. The van der Waals surface area contributed by atoms with E-state index in [1.54, 1.807) is 48.5 Å². The van der Waals surface area contributed by atoms with Crippen molar-refractivity contribution in [3.63, 3.8) is 0 Å². The standard InChI is InChI=1S/C30H29NO5/c1-3-19-36-24-16-15-23(20-25(24)35-4-2)27-26(28(32)22-13-9-6-10-14-22)29(33)30(34)31(27)18-17-21-11-7-5-8-12-21/h3,5-16,20,27,32H,1,4,17-19H2,2H3/b28-26+. The van der Waals surface area contributed by atoms with E-state index in [2.05, 4.69) is 6.58 Å². The second kappa shape index (κ2) is 11.4. The molecule has 36 heavy (non-hydrogen) atoms. The minimum atomic E-state index is -0.776. The fraction of sp³-hybridized carbons (Fsp3) is 0.200. The van der Waals surface area contributed by atoms with E-state index in [-0.39, 0.29) is 11.3 Å². The van der Waals surface area contributed by atoms with Crippen molar-refractivity contribution >= 4 is 17.4 Å². The molecular weight excluding hydrogens is 454 g/mol. The molecule has 0 bridgehead atoms. The maximum Gasteiger partial charge on any atom is 0.295 e. The average Bonchev–Trinajstić information content (AvgIpc) is 3.17. The highest BCUT2D eigenvalue weighted by atomic mass is 16.5. The van der Waals surface area contributed by atoms with Gasteiger partial charge in [-0.2, -0.15) is 0 Å². The summed E-state index contributed by atoms with van der Waals surface area (Å²) in [5.74, 6) is -0.529. The van der Waals surface area contributed by atoms with Crippen molar-refractivity contribution in [2.24, 2.45) is 0 Å². The Kier molecular flexibility index (Phi) is 7.85. The van der Waals surface area contributed by atoms with Crippen LogP contribution in [0.15, 0.2) is 97.1 Å². The smallest absolute Gasteiger partial charge is 0.295 e. The molecule has 1 fully saturated rings. The first-order valence-electron chi connectivity index (χ1n) is 11.9. The number of ether oxygens (including phenoxy) is 2. The lowest BCUT2D eigenvalue weighted by atomic mass is 9.95. The van der Waals surface area contributed by atoms with Crippen LogP contribution in [-0.4, -0.2) is 41.5 Å². The molecule has 6 heteroatoms. The third-order valence-corrected chi connectivity index (χ3v) is 6.01. The molecule has 6 nitrogen and oxygen atoms in total. The van der Waals surface area contributed by atoms with Crippen LogP contribution < -0.4 is 9.47 Å². The number of benzene rings is 3. The van der Waals surface area contributed by atoms with Crippen molar-refractivity contribution < 1.29 is 24.2 Å². The monoisotopic (exact) mass is 483 g/mol. The van der Waals surface area contributed by atoms with Crippen LogP contribution in [0.1, 0.15) is 29.7 Å². The molecule has 0 saturated carbocycles. The lowest BCUT2D eigenvalue weighted by Gasteiger charge is -2.26. The highest BCUT2D eigenvalue weighted by molar-refractivity contribution is 6.46. The van der Waals surface area contributed by atoms with E-state index in [4.69, 9.17) is 9.47 Å². The van der Waals surface area contributed by atoms with Gasteiger partial charge in [0.25, 0.3) is 11.7 Å². The maximum atomic E-state index is 13.3. The summed E-state index contributed by atoms with van der Waals surface area (Å²) in [7, 11) is 0. The Morgan fingerprint density at radius 3 is 2.33 bits per heavy atom. The zero-order valence-corrected chi connectivity index (χ0v) is 20.2. The predicted molar refractivity (Wildman–Crippen MR) is 139 cm³/mol. The molecule has 1 heterocycles. The number of amides is 1. The molecule has 3 aromatic carbocycles. The summed E-state index contributed by atoms with van der Waals surface area (Å²) >= 11 is 0. The Labute approximate surface area is 211 Å². The van der Waals surface area contributed by atoms with Crippen LogP contribution in [0.3, 0.4) is 0 Å². The van der Waals surface area contributed by atoms with Crippen LogP contribution in [0.5, 0.6) is 11.5 Å². The van der Waals surface area contributed by atoms with Crippen molar-refractivity contribution in [1.82, 2.24) is 4.90 Å². The number of carbonyl (C=O) groups is 2. The molecule has 1 aliphatic heterocycles. The number of Topliss-reactive ketones (excluding diaryl/α,β-unsaturated/α-hetero) is 1. The maximum absolute atomic E-state index is 13.3. The average molecular weight is 484 g/mol. The van der Waals surface area contributed by atoms with Gasteiger partial charge in [-0.25, -0.2) is 0 Å². The molecule has 4 rings (SSSR count). The van der Waals surface area contributed by atoms with Crippen LogP contribution in [0.2, 0.25) is 0 Å². The predicted octanol–water partition coefficient (Wildman–Crippen LogP) is 5.31. The van der Waals surface area contributed by atoms with Crippen LogP contribution >= 0.6 is 0 Å². The fourth-order valence-electron chi connectivity index (χ4n) is 4.33. The fourth-order valence-corrected chi connectivity index (χ4v) is 4.33. The normalized spacial score (nSPS) is 16.7. The molecule has 184 valence electrons. The summed E-state index contributed by atoms with van der Waals surface area (Å²) in [5.41, 5.74) is 2.22. The van der Waals surface area contributed by atoms with Gasteiger partial charge in [0.1, 0.15) is 12.4 Å². The Bertz CT molecular complexity index is 1270. The minimum absolute atomic E-state index is 0.0569. The molecule has 0 aromatic heterocycles. The first-order chi connectivity index (χ1) is 17.5. The Balaban J connectivity index is 1.81. The number of hydrogen-bond donors (Lipinski definition) is 1. The third-order valence-electron chi connectivity index (χ3n) is 6.01. The summed E-state index contributed by atoms with van der Waals surface area (Å²) in [6.45, 7) is 6.57. The molecule has 1 saturated heterocycles. The lowest BCUT2D eigenvalue weighted by Crippen LogP contribution is -2.31. The molecular formula is C30H29NO5. The second-order valence-corrected chi connectivity index (χ2v) is 8.33. The van der Waals surface area contributed by atoms with Crippen LogP contribution in [0, 0.1) is 0 Å². The first-order valence-corrected chi connectivity index (χ1v) is 11.9. The van der Waals surface area contributed by atoms with Gasteiger partial charge < -0.3 is 19.5 Å². The van der Waals surface area contributed by atoms with Crippen LogP contribution in [-0.2, 0) is 16.0 Å². The summed E-state index contributed by atoms with van der Waals surface area (Å²) in [6, 6.07) is 23.1. The first kappa shape index (κ1) is 24.8. The molecule has 1 aliphatic rings. The van der Waals surface area contributed by atoms with Crippen molar-refractivity contribution in [2.75, 3.05) is 19.8 Å². The Hall–Kier alpha value is -4.32. The van der Waals surface area contributed by atoms with Gasteiger partial charge >= 0.3 is 0 Å². The summed E-state index contributed by atoms with van der Waals surface area (Å²) in [4.78, 5) is 28.0. The number of likely N-dealkylation sites (tertiary alicyclic amines) is 1. The van der Waals surface area contributed by atoms with Crippen LogP contribution in [0.4, 0.5) is 0 Å². The van der Waals surface area contributed by atoms with E-state index in [0.717, 1.165) is 5.56 Å². The van der Waals surface area contributed by atoms with E-state index >= 15 is 0 Å². The van der Waals surface area contributed by atoms with Gasteiger partial charge in [0, 0.05) is 12.1 Å². The van der Waals surface area contributed by atoms with E-state index < -0.39 is 17.7 Å². The number of rotatable bonds is 10. The number of aliphatic hydroxyl groups is 1. The third kappa shape index (κ3) is 5.18.